The highest BCUT2D eigenvalue weighted by molar-refractivity contribution is 6.02. The molecule has 0 spiro atoms. The van der Waals surface area contributed by atoms with Gasteiger partial charge in [0.15, 0.2) is 5.78 Å². The third kappa shape index (κ3) is 2.66. The first-order valence-corrected chi connectivity index (χ1v) is 9.25. The van der Waals surface area contributed by atoms with Crippen molar-refractivity contribution in [3.8, 4) is 0 Å². The number of carbonyl (C=O) groups excluding carboxylic acids is 2. The Balaban J connectivity index is 1.68. The van der Waals surface area contributed by atoms with Crippen molar-refractivity contribution in [2.24, 2.45) is 5.92 Å². The maximum atomic E-state index is 13.4. The minimum atomic E-state index is -0.900. The smallest absolute Gasteiger partial charge is 0.326 e. The van der Waals surface area contributed by atoms with Crippen LogP contribution in [-0.4, -0.2) is 39.7 Å². The number of likely N-dealkylation sites (tertiary alicyclic amines) is 1. The molecule has 1 saturated carbocycles. The second-order valence-corrected chi connectivity index (χ2v) is 7.55. The first kappa shape index (κ1) is 16.3. The van der Waals surface area contributed by atoms with Gasteiger partial charge in [0.1, 0.15) is 6.04 Å². The number of aliphatic carboxylic acids is 1. The Kier molecular flexibility index (Phi) is 4.10. The standard InChI is InChI=1S/C20H23NO4/c22-18-10-9-15(13-6-2-3-7-14(13)18)19(23)21-16-8-4-1-5-12(16)11-17(21)20(24)25/h2-3,6-7,12,15-17H,1,4-5,8-11H2,(H,24,25). The van der Waals surface area contributed by atoms with Crippen molar-refractivity contribution in [1.29, 1.82) is 0 Å². The molecule has 3 aliphatic rings. The van der Waals surface area contributed by atoms with Gasteiger partial charge in [0.25, 0.3) is 0 Å². The molecular formula is C20H23NO4. The lowest BCUT2D eigenvalue weighted by molar-refractivity contribution is -0.150. The number of fused-ring (bicyclic) bond motifs is 2. The molecule has 0 bridgehead atoms. The summed E-state index contributed by atoms with van der Waals surface area (Å²) in [6.07, 6.45) is 5.49. The molecule has 2 aliphatic carbocycles. The van der Waals surface area contributed by atoms with Crippen LogP contribution in [0.4, 0.5) is 0 Å². The van der Waals surface area contributed by atoms with E-state index in [4.69, 9.17) is 0 Å². The first-order chi connectivity index (χ1) is 12.1. The third-order valence-electron chi connectivity index (χ3n) is 6.22. The summed E-state index contributed by atoms with van der Waals surface area (Å²) in [5, 5.41) is 9.67. The summed E-state index contributed by atoms with van der Waals surface area (Å²) < 4.78 is 0. The highest BCUT2D eigenvalue weighted by atomic mass is 16.4. The van der Waals surface area contributed by atoms with Gasteiger partial charge in [0, 0.05) is 18.0 Å². The van der Waals surface area contributed by atoms with E-state index in [0.29, 0.717) is 30.7 Å². The largest absolute Gasteiger partial charge is 0.480 e. The molecule has 1 saturated heterocycles. The molecule has 1 aromatic rings. The SMILES string of the molecule is O=C1CCC(C(=O)N2C(C(=O)O)CC3CCCCC32)c2ccccc21. The van der Waals surface area contributed by atoms with E-state index in [2.05, 4.69) is 0 Å². The van der Waals surface area contributed by atoms with Crippen molar-refractivity contribution in [3.63, 3.8) is 0 Å². The number of hydrogen-bond donors (Lipinski definition) is 1. The van der Waals surface area contributed by atoms with Crippen molar-refractivity contribution in [3.05, 3.63) is 35.4 Å². The molecule has 1 amide bonds. The van der Waals surface area contributed by atoms with Gasteiger partial charge in [-0.25, -0.2) is 4.79 Å². The fourth-order valence-corrected chi connectivity index (χ4v) is 5.05. The maximum absolute atomic E-state index is 13.4. The van der Waals surface area contributed by atoms with Crippen LogP contribution in [0.5, 0.6) is 0 Å². The number of carboxylic acid groups (broad SMARTS) is 1. The van der Waals surface area contributed by atoms with Crippen LogP contribution < -0.4 is 0 Å². The van der Waals surface area contributed by atoms with Crippen molar-refractivity contribution >= 4 is 17.7 Å². The number of Topliss-reactive ketones (excluding diaryl/α,β-unsaturated/α-hetero) is 1. The number of nitrogens with zero attached hydrogens (tertiary/aromatic N) is 1. The Bertz CT molecular complexity index is 728. The Hall–Kier alpha value is -2.17. The van der Waals surface area contributed by atoms with Crippen LogP contribution in [0, 0.1) is 5.92 Å². The predicted octanol–water partition coefficient (Wildman–Crippen LogP) is 2.99. The molecule has 4 rings (SSSR count). The lowest BCUT2D eigenvalue weighted by atomic mass is 9.80. The van der Waals surface area contributed by atoms with Gasteiger partial charge >= 0.3 is 5.97 Å². The molecule has 0 aromatic heterocycles. The fourth-order valence-electron chi connectivity index (χ4n) is 5.05. The number of rotatable bonds is 2. The van der Waals surface area contributed by atoms with E-state index >= 15 is 0 Å². The summed E-state index contributed by atoms with van der Waals surface area (Å²) >= 11 is 0. The van der Waals surface area contributed by atoms with Crippen LogP contribution in [0.25, 0.3) is 0 Å². The summed E-state index contributed by atoms with van der Waals surface area (Å²) in [7, 11) is 0. The van der Waals surface area contributed by atoms with Crippen LogP contribution >= 0.6 is 0 Å². The average Bonchev–Trinajstić information content (AvgIpc) is 3.02. The van der Waals surface area contributed by atoms with Gasteiger partial charge in [-0.15, -0.1) is 0 Å². The normalized spacial score (nSPS) is 31.4. The highest BCUT2D eigenvalue weighted by Crippen LogP contribution is 2.43. The second kappa shape index (κ2) is 6.28. The van der Waals surface area contributed by atoms with E-state index in [1.165, 1.54) is 0 Å². The molecule has 5 heteroatoms. The number of amides is 1. The summed E-state index contributed by atoms with van der Waals surface area (Å²) in [6.45, 7) is 0. The zero-order chi connectivity index (χ0) is 17.6. The number of ketones is 1. The van der Waals surface area contributed by atoms with Gasteiger partial charge in [-0.3, -0.25) is 9.59 Å². The molecule has 1 aromatic carbocycles. The average molecular weight is 341 g/mol. The molecule has 4 unspecified atom stereocenters. The lowest BCUT2D eigenvalue weighted by Gasteiger charge is -2.36. The minimum Gasteiger partial charge on any atom is -0.480 e. The Labute approximate surface area is 147 Å². The number of carboxylic acids is 1. The van der Waals surface area contributed by atoms with E-state index < -0.39 is 17.9 Å². The van der Waals surface area contributed by atoms with Crippen LogP contribution in [-0.2, 0) is 9.59 Å². The van der Waals surface area contributed by atoms with Gasteiger partial charge in [-0.2, -0.15) is 0 Å². The van der Waals surface area contributed by atoms with Crippen LogP contribution in [0.2, 0.25) is 0 Å². The van der Waals surface area contributed by atoms with Gasteiger partial charge < -0.3 is 10.0 Å². The second-order valence-electron chi connectivity index (χ2n) is 7.55. The van der Waals surface area contributed by atoms with Crippen molar-refractivity contribution in [2.45, 2.75) is 62.9 Å². The molecule has 5 nitrogen and oxygen atoms in total. The van der Waals surface area contributed by atoms with Crippen molar-refractivity contribution in [1.82, 2.24) is 4.90 Å². The quantitative estimate of drug-likeness (QED) is 0.897. The Morgan fingerprint density at radius 3 is 2.64 bits per heavy atom. The molecule has 2 fully saturated rings. The monoisotopic (exact) mass is 341 g/mol. The minimum absolute atomic E-state index is 0.0483. The van der Waals surface area contributed by atoms with E-state index in [9.17, 15) is 19.5 Å². The van der Waals surface area contributed by atoms with E-state index in [1.54, 1.807) is 11.0 Å². The third-order valence-corrected chi connectivity index (χ3v) is 6.22. The zero-order valence-corrected chi connectivity index (χ0v) is 14.2. The highest BCUT2D eigenvalue weighted by Gasteiger charge is 2.49. The Morgan fingerprint density at radius 1 is 1.08 bits per heavy atom. The zero-order valence-electron chi connectivity index (χ0n) is 14.2. The van der Waals surface area contributed by atoms with E-state index in [-0.39, 0.29) is 17.7 Å². The number of hydrogen-bond acceptors (Lipinski definition) is 3. The Morgan fingerprint density at radius 2 is 1.84 bits per heavy atom. The van der Waals surface area contributed by atoms with Gasteiger partial charge in [-0.1, -0.05) is 37.1 Å². The van der Waals surface area contributed by atoms with Crippen molar-refractivity contribution < 1.29 is 19.5 Å². The summed E-state index contributed by atoms with van der Waals surface area (Å²) in [5.74, 6) is -1.01. The van der Waals surface area contributed by atoms with E-state index in [1.807, 2.05) is 18.2 Å². The molecular weight excluding hydrogens is 318 g/mol. The topological polar surface area (TPSA) is 74.7 Å². The number of carbonyl (C=O) groups is 3. The van der Waals surface area contributed by atoms with Crippen LogP contribution in [0.3, 0.4) is 0 Å². The summed E-state index contributed by atoms with van der Waals surface area (Å²) in [4.78, 5) is 39.0. The predicted molar refractivity (Wildman–Crippen MR) is 91.4 cm³/mol. The summed E-state index contributed by atoms with van der Waals surface area (Å²) in [6, 6.07) is 6.62. The molecule has 1 aliphatic heterocycles. The molecule has 0 radical (unpaired) electrons. The van der Waals surface area contributed by atoms with E-state index in [0.717, 1.165) is 31.2 Å². The molecule has 1 N–H and O–H groups in total. The van der Waals surface area contributed by atoms with Gasteiger partial charge in [0.05, 0.1) is 5.92 Å². The molecule has 4 atom stereocenters. The van der Waals surface area contributed by atoms with Crippen LogP contribution in [0.1, 0.15) is 66.8 Å². The molecule has 1 heterocycles. The molecule has 25 heavy (non-hydrogen) atoms. The number of benzene rings is 1. The summed E-state index contributed by atoms with van der Waals surface area (Å²) in [5.41, 5.74) is 1.39. The maximum Gasteiger partial charge on any atom is 0.326 e. The first-order valence-electron chi connectivity index (χ1n) is 9.25. The van der Waals surface area contributed by atoms with Gasteiger partial charge in [-0.05, 0) is 37.2 Å². The van der Waals surface area contributed by atoms with Crippen molar-refractivity contribution in [2.75, 3.05) is 0 Å². The fraction of sp³-hybridized carbons (Fsp3) is 0.550. The lowest BCUT2D eigenvalue weighted by Crippen LogP contribution is -2.48. The molecule has 132 valence electrons. The van der Waals surface area contributed by atoms with Gasteiger partial charge in [0.2, 0.25) is 5.91 Å². The van der Waals surface area contributed by atoms with Crippen LogP contribution in [0.15, 0.2) is 24.3 Å².